The number of halogens is 1. The molecular formula is C17H15ClN2O3S. The summed E-state index contributed by atoms with van der Waals surface area (Å²) in [5, 5.41) is 0.366. The zero-order chi connectivity index (χ0) is 17.3. The molecule has 0 fully saturated rings. The van der Waals surface area contributed by atoms with Crippen molar-refractivity contribution in [2.45, 2.75) is 18.7 Å². The Morgan fingerprint density at radius 3 is 2.38 bits per heavy atom. The van der Waals surface area contributed by atoms with E-state index in [4.69, 9.17) is 16.0 Å². The summed E-state index contributed by atoms with van der Waals surface area (Å²) in [6.45, 7) is 3.62. The van der Waals surface area contributed by atoms with Crippen LogP contribution < -0.4 is 4.72 Å². The number of hydrogen-bond acceptors (Lipinski definition) is 4. The second kappa shape index (κ2) is 6.30. The fourth-order valence-electron chi connectivity index (χ4n) is 2.34. The van der Waals surface area contributed by atoms with E-state index in [1.807, 2.05) is 6.92 Å². The molecule has 1 aromatic heterocycles. The van der Waals surface area contributed by atoms with E-state index in [2.05, 4.69) is 9.71 Å². The van der Waals surface area contributed by atoms with Gasteiger partial charge in [0.1, 0.15) is 11.5 Å². The minimum atomic E-state index is -3.69. The van der Waals surface area contributed by atoms with E-state index in [0.29, 0.717) is 16.6 Å². The van der Waals surface area contributed by atoms with Crippen molar-refractivity contribution in [3.8, 4) is 11.3 Å². The molecule has 0 bridgehead atoms. The molecule has 0 aliphatic heterocycles. The van der Waals surface area contributed by atoms with E-state index in [1.54, 1.807) is 43.3 Å². The van der Waals surface area contributed by atoms with Gasteiger partial charge >= 0.3 is 0 Å². The molecule has 3 rings (SSSR count). The van der Waals surface area contributed by atoms with Crippen molar-refractivity contribution in [1.29, 1.82) is 0 Å². The van der Waals surface area contributed by atoms with E-state index >= 15 is 0 Å². The Bertz CT molecular complexity index is 979. The van der Waals surface area contributed by atoms with Crippen LogP contribution >= 0.6 is 11.6 Å². The van der Waals surface area contributed by atoms with E-state index in [1.165, 1.54) is 12.1 Å². The highest BCUT2D eigenvalue weighted by atomic mass is 35.5. The van der Waals surface area contributed by atoms with Gasteiger partial charge in [0, 0.05) is 23.2 Å². The van der Waals surface area contributed by atoms with Crippen LogP contribution in [0.5, 0.6) is 0 Å². The molecule has 0 unspecified atom stereocenters. The Kier molecular flexibility index (Phi) is 4.34. The molecule has 0 spiro atoms. The van der Waals surface area contributed by atoms with Gasteiger partial charge in [0.15, 0.2) is 5.89 Å². The number of aryl methyl sites for hydroxylation is 2. The monoisotopic (exact) mass is 362 g/mol. The summed E-state index contributed by atoms with van der Waals surface area (Å²) in [6.07, 6.45) is 0. The van der Waals surface area contributed by atoms with Crippen molar-refractivity contribution in [2.24, 2.45) is 0 Å². The van der Waals surface area contributed by atoms with Gasteiger partial charge in [0.25, 0.3) is 10.0 Å². The molecule has 0 atom stereocenters. The van der Waals surface area contributed by atoms with Gasteiger partial charge in [-0.1, -0.05) is 29.8 Å². The third kappa shape index (κ3) is 3.44. The maximum atomic E-state index is 12.4. The van der Waals surface area contributed by atoms with Gasteiger partial charge in [-0.15, -0.1) is 0 Å². The van der Waals surface area contributed by atoms with E-state index < -0.39 is 10.0 Å². The number of aromatic nitrogens is 1. The van der Waals surface area contributed by atoms with Crippen LogP contribution in [0.4, 0.5) is 5.69 Å². The molecule has 0 saturated heterocycles. The number of benzene rings is 2. The number of rotatable bonds is 4. The molecule has 3 aromatic rings. The predicted molar refractivity (Wildman–Crippen MR) is 93.7 cm³/mol. The minimum Gasteiger partial charge on any atom is -0.446 e. The average Bonchev–Trinajstić information content (AvgIpc) is 2.86. The number of nitrogens with one attached hydrogen (secondary N) is 1. The molecular weight excluding hydrogens is 348 g/mol. The molecule has 2 aromatic carbocycles. The first-order valence-corrected chi connectivity index (χ1v) is 9.04. The third-order valence-corrected chi connectivity index (χ3v) is 5.03. The van der Waals surface area contributed by atoms with Gasteiger partial charge in [-0.3, -0.25) is 4.72 Å². The van der Waals surface area contributed by atoms with Crippen molar-refractivity contribution in [3.63, 3.8) is 0 Å². The number of hydrogen-bond donors (Lipinski definition) is 1. The van der Waals surface area contributed by atoms with E-state index in [9.17, 15) is 8.42 Å². The van der Waals surface area contributed by atoms with Crippen molar-refractivity contribution in [3.05, 3.63) is 65.2 Å². The van der Waals surface area contributed by atoms with Gasteiger partial charge in [-0.2, -0.15) is 0 Å². The SMILES string of the molecule is Cc1nc(-c2ccc(NS(=O)(=O)c3cccc(Cl)c3)cc2)c(C)o1. The van der Waals surface area contributed by atoms with Crippen molar-refractivity contribution in [2.75, 3.05) is 4.72 Å². The molecule has 1 heterocycles. The average molecular weight is 363 g/mol. The summed E-state index contributed by atoms with van der Waals surface area (Å²) in [7, 11) is -3.69. The maximum absolute atomic E-state index is 12.4. The van der Waals surface area contributed by atoms with Crippen molar-refractivity contribution < 1.29 is 12.8 Å². The van der Waals surface area contributed by atoms with Crippen LogP contribution in [0.3, 0.4) is 0 Å². The first-order valence-electron chi connectivity index (χ1n) is 7.18. The molecule has 0 amide bonds. The third-order valence-electron chi connectivity index (χ3n) is 3.42. The summed E-state index contributed by atoms with van der Waals surface area (Å²) < 4.78 is 32.7. The number of sulfonamides is 1. The lowest BCUT2D eigenvalue weighted by atomic mass is 10.1. The lowest BCUT2D eigenvalue weighted by Gasteiger charge is -2.09. The highest BCUT2D eigenvalue weighted by Crippen LogP contribution is 2.26. The highest BCUT2D eigenvalue weighted by Gasteiger charge is 2.15. The molecule has 7 heteroatoms. The number of oxazole rings is 1. The fraction of sp³-hybridized carbons (Fsp3) is 0.118. The molecule has 0 aliphatic rings. The second-order valence-electron chi connectivity index (χ2n) is 5.28. The van der Waals surface area contributed by atoms with Gasteiger partial charge in [-0.25, -0.2) is 13.4 Å². The van der Waals surface area contributed by atoms with Crippen LogP contribution in [0.1, 0.15) is 11.7 Å². The van der Waals surface area contributed by atoms with Crippen molar-refractivity contribution >= 4 is 27.3 Å². The summed E-state index contributed by atoms with van der Waals surface area (Å²) >= 11 is 5.85. The summed E-state index contributed by atoms with van der Waals surface area (Å²) in [5.41, 5.74) is 2.06. The molecule has 124 valence electrons. The molecule has 1 N–H and O–H groups in total. The standard InChI is InChI=1S/C17H15ClN2O3S/c1-11-17(19-12(2)23-11)13-6-8-15(9-7-13)20-24(21,22)16-5-3-4-14(18)10-16/h3-10,20H,1-2H3. The summed E-state index contributed by atoms with van der Waals surface area (Å²) in [4.78, 5) is 4.44. The quantitative estimate of drug-likeness (QED) is 0.746. The Balaban J connectivity index is 1.85. The lowest BCUT2D eigenvalue weighted by molar-refractivity contribution is 0.495. The van der Waals surface area contributed by atoms with Crippen LogP contribution in [0.2, 0.25) is 5.02 Å². The number of anilines is 1. The molecule has 5 nitrogen and oxygen atoms in total. The van der Waals surface area contributed by atoms with Gasteiger partial charge < -0.3 is 4.42 Å². The molecule has 0 aliphatic carbocycles. The first kappa shape index (κ1) is 16.5. The van der Waals surface area contributed by atoms with Crippen LogP contribution in [0.15, 0.2) is 57.8 Å². The Morgan fingerprint density at radius 2 is 1.79 bits per heavy atom. The second-order valence-corrected chi connectivity index (χ2v) is 7.40. The number of nitrogens with zero attached hydrogens (tertiary/aromatic N) is 1. The fourth-order valence-corrected chi connectivity index (χ4v) is 3.70. The van der Waals surface area contributed by atoms with Crippen LogP contribution in [0, 0.1) is 13.8 Å². The van der Waals surface area contributed by atoms with Crippen LogP contribution in [-0.2, 0) is 10.0 Å². The zero-order valence-corrected chi connectivity index (χ0v) is 14.6. The van der Waals surface area contributed by atoms with Gasteiger partial charge in [0.2, 0.25) is 0 Å². The topological polar surface area (TPSA) is 72.2 Å². The Morgan fingerprint density at radius 1 is 1.08 bits per heavy atom. The molecule has 0 saturated carbocycles. The van der Waals surface area contributed by atoms with E-state index in [0.717, 1.165) is 17.0 Å². The minimum absolute atomic E-state index is 0.113. The maximum Gasteiger partial charge on any atom is 0.261 e. The zero-order valence-electron chi connectivity index (χ0n) is 13.1. The Hall–Kier alpha value is -2.31. The van der Waals surface area contributed by atoms with E-state index in [-0.39, 0.29) is 4.90 Å². The molecule has 0 radical (unpaired) electrons. The van der Waals surface area contributed by atoms with Gasteiger partial charge in [-0.05, 0) is 37.3 Å². The van der Waals surface area contributed by atoms with Crippen LogP contribution in [-0.4, -0.2) is 13.4 Å². The Labute approximate surface area is 145 Å². The summed E-state index contributed by atoms with van der Waals surface area (Å²) in [5.74, 6) is 1.31. The van der Waals surface area contributed by atoms with Gasteiger partial charge in [0.05, 0.1) is 4.90 Å². The van der Waals surface area contributed by atoms with Crippen molar-refractivity contribution in [1.82, 2.24) is 4.98 Å². The van der Waals surface area contributed by atoms with Crippen LogP contribution in [0.25, 0.3) is 11.3 Å². The first-order chi connectivity index (χ1) is 11.3. The summed E-state index contributed by atoms with van der Waals surface area (Å²) in [6, 6.07) is 13.1. The lowest BCUT2D eigenvalue weighted by Crippen LogP contribution is -2.12. The highest BCUT2D eigenvalue weighted by molar-refractivity contribution is 7.92. The normalized spacial score (nSPS) is 11.5. The predicted octanol–water partition coefficient (Wildman–Crippen LogP) is 4.41. The smallest absolute Gasteiger partial charge is 0.261 e. The largest absolute Gasteiger partial charge is 0.446 e. The molecule has 24 heavy (non-hydrogen) atoms.